The van der Waals surface area contributed by atoms with Crippen molar-refractivity contribution >= 4 is 0 Å². The lowest BCUT2D eigenvalue weighted by molar-refractivity contribution is -0.275. The van der Waals surface area contributed by atoms with Crippen LogP contribution in [0, 0.1) is 35.2 Å². The number of rotatable bonds is 5. The van der Waals surface area contributed by atoms with Crippen LogP contribution in [0.3, 0.4) is 0 Å². The van der Waals surface area contributed by atoms with Crippen LogP contribution in [0.2, 0.25) is 0 Å². The zero-order valence-electron chi connectivity index (χ0n) is 19.2. The molecule has 0 saturated heterocycles. The molecule has 34 heavy (non-hydrogen) atoms. The molecule has 2 saturated carbocycles. The molecule has 0 spiro atoms. The lowest BCUT2D eigenvalue weighted by atomic mass is 9.68. The van der Waals surface area contributed by atoms with Gasteiger partial charge >= 0.3 is 6.36 Å². The minimum absolute atomic E-state index is 0.0700. The van der Waals surface area contributed by atoms with E-state index in [1.807, 2.05) is 0 Å². The van der Waals surface area contributed by atoms with Gasteiger partial charge in [-0.1, -0.05) is 32.3 Å². The Morgan fingerprint density at radius 1 is 0.765 bits per heavy atom. The Bertz CT molecular complexity index is 962. The fraction of sp³-hybridized carbons (Fsp3) is 0.556. The highest BCUT2D eigenvalue weighted by atomic mass is 19.4. The van der Waals surface area contributed by atoms with Crippen LogP contribution in [0.4, 0.5) is 26.3 Å². The molecule has 0 N–H and O–H groups in total. The van der Waals surface area contributed by atoms with Gasteiger partial charge in [-0.15, -0.1) is 13.2 Å². The summed E-state index contributed by atoms with van der Waals surface area (Å²) in [5, 5.41) is 0. The van der Waals surface area contributed by atoms with Crippen LogP contribution >= 0.6 is 0 Å². The van der Waals surface area contributed by atoms with E-state index in [4.69, 9.17) is 0 Å². The Morgan fingerprint density at radius 3 is 1.82 bits per heavy atom. The molecule has 0 aliphatic heterocycles. The predicted octanol–water partition coefficient (Wildman–Crippen LogP) is 9.16. The van der Waals surface area contributed by atoms with Crippen molar-refractivity contribution in [3.63, 3.8) is 0 Å². The van der Waals surface area contributed by atoms with Crippen LogP contribution in [0.25, 0.3) is 11.1 Å². The Morgan fingerprint density at radius 2 is 1.32 bits per heavy atom. The number of alkyl halides is 3. The summed E-state index contributed by atoms with van der Waals surface area (Å²) in [5.74, 6) is -1.71. The number of benzene rings is 2. The number of ether oxygens (including phenoxy) is 1. The molecule has 0 aromatic heterocycles. The minimum Gasteiger partial charge on any atom is -0.403 e. The van der Waals surface area contributed by atoms with E-state index in [1.165, 1.54) is 44.2 Å². The van der Waals surface area contributed by atoms with E-state index in [9.17, 15) is 26.3 Å². The van der Waals surface area contributed by atoms with Crippen molar-refractivity contribution in [1.29, 1.82) is 0 Å². The molecule has 0 unspecified atom stereocenters. The molecule has 0 amide bonds. The highest BCUT2D eigenvalue weighted by Gasteiger charge is 2.33. The van der Waals surface area contributed by atoms with Crippen molar-refractivity contribution in [3.8, 4) is 16.9 Å². The topological polar surface area (TPSA) is 9.23 Å². The summed E-state index contributed by atoms with van der Waals surface area (Å²) < 4.78 is 84.5. The second-order valence-electron chi connectivity index (χ2n) is 9.85. The van der Waals surface area contributed by atoms with Crippen LogP contribution < -0.4 is 4.74 Å². The van der Waals surface area contributed by atoms with Gasteiger partial charge in [-0.05, 0) is 97.6 Å². The van der Waals surface area contributed by atoms with Crippen molar-refractivity contribution in [3.05, 3.63) is 53.3 Å². The van der Waals surface area contributed by atoms with E-state index in [0.29, 0.717) is 17.5 Å². The highest BCUT2D eigenvalue weighted by molar-refractivity contribution is 5.66. The van der Waals surface area contributed by atoms with Gasteiger partial charge in [-0.25, -0.2) is 13.2 Å². The quantitative estimate of drug-likeness (QED) is 0.385. The third-order valence-electron chi connectivity index (χ3n) is 7.89. The molecular formula is C27H30F6O. The molecule has 2 aromatic rings. The van der Waals surface area contributed by atoms with E-state index in [0.717, 1.165) is 49.7 Å². The van der Waals surface area contributed by atoms with Crippen molar-refractivity contribution in [2.24, 2.45) is 17.8 Å². The largest absolute Gasteiger partial charge is 0.573 e. The molecule has 0 bridgehead atoms. The third-order valence-corrected chi connectivity index (χ3v) is 7.89. The maximum Gasteiger partial charge on any atom is 0.573 e. The SMILES string of the molecule is CCC1CCC(C2CCC(c3cc(F)c(-c4ccc(OC(F)(F)F)c(F)c4)c(F)c3)CC2)CC1. The van der Waals surface area contributed by atoms with Crippen molar-refractivity contribution in [2.75, 3.05) is 0 Å². The summed E-state index contributed by atoms with van der Waals surface area (Å²) in [6.07, 6.45) is 5.27. The van der Waals surface area contributed by atoms with E-state index >= 15 is 0 Å². The smallest absolute Gasteiger partial charge is 0.403 e. The summed E-state index contributed by atoms with van der Waals surface area (Å²) in [5.41, 5.74) is -0.0491. The molecule has 0 atom stereocenters. The van der Waals surface area contributed by atoms with E-state index < -0.39 is 35.1 Å². The Hall–Kier alpha value is -2.18. The molecule has 0 heterocycles. The first-order valence-electron chi connectivity index (χ1n) is 12.2. The second kappa shape index (κ2) is 10.2. The summed E-state index contributed by atoms with van der Waals surface area (Å²) in [6, 6.07) is 4.96. The van der Waals surface area contributed by atoms with Crippen molar-refractivity contribution in [2.45, 2.75) is 77.0 Å². The van der Waals surface area contributed by atoms with Crippen LogP contribution in [0.15, 0.2) is 30.3 Å². The van der Waals surface area contributed by atoms with Gasteiger partial charge in [0.25, 0.3) is 0 Å². The Balaban J connectivity index is 1.44. The average molecular weight is 485 g/mol. The van der Waals surface area contributed by atoms with Crippen LogP contribution in [-0.4, -0.2) is 6.36 Å². The molecule has 186 valence electrons. The molecule has 0 radical (unpaired) electrons. The van der Waals surface area contributed by atoms with E-state index in [-0.39, 0.29) is 11.5 Å². The van der Waals surface area contributed by atoms with Gasteiger partial charge in [0.05, 0.1) is 5.56 Å². The van der Waals surface area contributed by atoms with Crippen LogP contribution in [-0.2, 0) is 0 Å². The van der Waals surface area contributed by atoms with Gasteiger partial charge in [0, 0.05) is 0 Å². The van der Waals surface area contributed by atoms with Gasteiger partial charge in [-0.3, -0.25) is 0 Å². The lowest BCUT2D eigenvalue weighted by Gasteiger charge is -2.38. The maximum absolute atomic E-state index is 14.9. The second-order valence-corrected chi connectivity index (χ2v) is 9.85. The van der Waals surface area contributed by atoms with Gasteiger partial charge in [0.1, 0.15) is 11.6 Å². The van der Waals surface area contributed by atoms with E-state index in [2.05, 4.69) is 11.7 Å². The monoisotopic (exact) mass is 484 g/mol. The van der Waals surface area contributed by atoms with Gasteiger partial charge in [-0.2, -0.15) is 0 Å². The van der Waals surface area contributed by atoms with Gasteiger partial charge in [0.2, 0.25) is 0 Å². The standard InChI is InChI=1S/C27H30F6O/c1-2-16-3-5-17(6-4-16)18-7-9-19(10-8-18)21-14-23(29)26(24(30)15-21)20-11-12-25(22(28)13-20)34-27(31,32)33/h11-19H,2-10H2,1H3. The summed E-state index contributed by atoms with van der Waals surface area (Å²) in [6.45, 7) is 2.26. The van der Waals surface area contributed by atoms with Crippen LogP contribution in [0.1, 0.15) is 76.2 Å². The number of halogens is 6. The predicted molar refractivity (Wildman–Crippen MR) is 119 cm³/mol. The Labute approximate surface area is 196 Å². The third kappa shape index (κ3) is 5.72. The molecule has 1 nitrogen and oxygen atoms in total. The molecule has 2 aliphatic carbocycles. The highest BCUT2D eigenvalue weighted by Crippen LogP contribution is 2.45. The zero-order valence-corrected chi connectivity index (χ0v) is 19.2. The first-order valence-corrected chi connectivity index (χ1v) is 12.2. The molecule has 4 rings (SSSR count). The van der Waals surface area contributed by atoms with Crippen molar-refractivity contribution < 1.29 is 31.1 Å². The Kier molecular flexibility index (Phi) is 7.48. The number of hydrogen-bond acceptors (Lipinski definition) is 1. The van der Waals surface area contributed by atoms with Crippen LogP contribution in [0.5, 0.6) is 5.75 Å². The van der Waals surface area contributed by atoms with Crippen molar-refractivity contribution in [1.82, 2.24) is 0 Å². The molecule has 2 fully saturated rings. The summed E-state index contributed by atoms with van der Waals surface area (Å²) >= 11 is 0. The van der Waals surface area contributed by atoms with Gasteiger partial charge in [0.15, 0.2) is 11.6 Å². The summed E-state index contributed by atoms with van der Waals surface area (Å²) in [4.78, 5) is 0. The first kappa shape index (κ1) is 24.9. The molecule has 2 aliphatic rings. The normalized spacial score (nSPS) is 25.9. The number of hydrogen-bond donors (Lipinski definition) is 0. The lowest BCUT2D eigenvalue weighted by Crippen LogP contribution is -2.25. The molecule has 2 aromatic carbocycles. The average Bonchev–Trinajstić information content (AvgIpc) is 2.80. The fourth-order valence-corrected chi connectivity index (χ4v) is 5.96. The summed E-state index contributed by atoms with van der Waals surface area (Å²) in [7, 11) is 0. The maximum atomic E-state index is 14.9. The van der Waals surface area contributed by atoms with E-state index in [1.54, 1.807) is 0 Å². The molecular weight excluding hydrogens is 454 g/mol. The fourth-order valence-electron chi connectivity index (χ4n) is 5.96. The zero-order chi connectivity index (χ0) is 24.5. The minimum atomic E-state index is -5.06. The molecule has 7 heteroatoms. The first-order chi connectivity index (χ1) is 16.1. The van der Waals surface area contributed by atoms with Gasteiger partial charge < -0.3 is 4.74 Å².